The highest BCUT2D eigenvalue weighted by Gasteiger charge is 2.16. The molecule has 2 rings (SSSR count). The summed E-state index contributed by atoms with van der Waals surface area (Å²) in [5, 5.41) is 0. The second-order valence-corrected chi connectivity index (χ2v) is 4.54. The quantitative estimate of drug-likeness (QED) is 0.817. The van der Waals surface area contributed by atoms with Crippen LogP contribution in [-0.2, 0) is 6.42 Å². The zero-order chi connectivity index (χ0) is 10.8. The minimum Gasteiger partial charge on any atom is -0.374 e. The number of nitrogens with zero attached hydrogens (tertiary/aromatic N) is 1. The van der Waals surface area contributed by atoms with Crippen LogP contribution in [0, 0.1) is 0 Å². The fraction of sp³-hybridized carbons (Fsp3) is 0.538. The molecule has 15 heavy (non-hydrogen) atoms. The molecule has 0 fully saturated rings. The first-order valence-electron chi connectivity index (χ1n) is 5.76. The zero-order valence-corrected chi connectivity index (χ0v) is 9.66. The molecule has 2 nitrogen and oxygen atoms in total. The molecule has 0 aromatic heterocycles. The maximum Gasteiger partial charge on any atom is 0.0397 e. The number of likely N-dealkylation sites (N-methyl/N-ethyl adjacent to an activating group) is 1. The maximum absolute atomic E-state index is 5.59. The third-order valence-corrected chi connectivity index (χ3v) is 3.40. The van der Waals surface area contributed by atoms with Crippen molar-refractivity contribution in [1.29, 1.82) is 0 Å². The first-order chi connectivity index (χ1) is 7.22. The predicted octanol–water partition coefficient (Wildman–Crippen LogP) is 2.13. The highest BCUT2D eigenvalue weighted by atomic mass is 15.1. The lowest BCUT2D eigenvalue weighted by atomic mass is 9.95. The van der Waals surface area contributed by atoms with Crippen molar-refractivity contribution in [3.05, 3.63) is 29.3 Å². The van der Waals surface area contributed by atoms with Crippen molar-refractivity contribution >= 4 is 5.69 Å². The molecule has 2 N–H and O–H groups in total. The Bertz CT molecular complexity index is 346. The van der Waals surface area contributed by atoms with Gasteiger partial charge >= 0.3 is 0 Å². The van der Waals surface area contributed by atoms with Crippen LogP contribution in [0.2, 0.25) is 0 Å². The van der Waals surface area contributed by atoms with E-state index in [0.717, 1.165) is 19.5 Å². The Morgan fingerprint density at radius 2 is 2.27 bits per heavy atom. The van der Waals surface area contributed by atoms with E-state index in [1.165, 1.54) is 23.2 Å². The summed E-state index contributed by atoms with van der Waals surface area (Å²) in [6.45, 7) is 4.19. The smallest absolute Gasteiger partial charge is 0.0397 e. The minimum atomic E-state index is 0.589. The van der Waals surface area contributed by atoms with Gasteiger partial charge in [-0.15, -0.1) is 0 Å². The summed E-state index contributed by atoms with van der Waals surface area (Å²) in [6.07, 6.45) is 2.27. The molecule has 0 saturated heterocycles. The van der Waals surface area contributed by atoms with Crippen molar-refractivity contribution < 1.29 is 0 Å². The lowest BCUT2D eigenvalue weighted by molar-refractivity contribution is 0.689. The average molecular weight is 204 g/mol. The van der Waals surface area contributed by atoms with Gasteiger partial charge in [0, 0.05) is 19.3 Å². The molecule has 1 heterocycles. The van der Waals surface area contributed by atoms with Crippen LogP contribution in [-0.4, -0.2) is 20.1 Å². The molecule has 0 amide bonds. The topological polar surface area (TPSA) is 29.3 Å². The lowest BCUT2D eigenvalue weighted by Gasteiger charge is -2.15. The molecule has 2 heteroatoms. The van der Waals surface area contributed by atoms with Gasteiger partial charge in [0.25, 0.3) is 0 Å². The van der Waals surface area contributed by atoms with Crippen molar-refractivity contribution in [2.75, 3.05) is 25.0 Å². The average Bonchev–Trinajstić information content (AvgIpc) is 2.60. The van der Waals surface area contributed by atoms with E-state index in [1.54, 1.807) is 0 Å². The SMILES string of the molecule is CC(CCN)c1ccc2c(c1)CCN2C. The normalized spacial score (nSPS) is 16.6. The molecule has 0 spiro atoms. The summed E-state index contributed by atoms with van der Waals surface area (Å²) >= 11 is 0. The molecule has 82 valence electrons. The van der Waals surface area contributed by atoms with Crippen LogP contribution < -0.4 is 10.6 Å². The van der Waals surface area contributed by atoms with Crippen LogP contribution in [0.4, 0.5) is 5.69 Å². The Morgan fingerprint density at radius 3 is 3.00 bits per heavy atom. The summed E-state index contributed by atoms with van der Waals surface area (Å²) in [4.78, 5) is 2.33. The molecule has 1 aromatic carbocycles. The lowest BCUT2D eigenvalue weighted by Crippen LogP contribution is -2.12. The largest absolute Gasteiger partial charge is 0.374 e. The summed E-state index contributed by atoms with van der Waals surface area (Å²) in [5.41, 5.74) is 9.93. The molecule has 1 aromatic rings. The van der Waals surface area contributed by atoms with E-state index in [1.807, 2.05) is 0 Å². The van der Waals surface area contributed by atoms with E-state index in [0.29, 0.717) is 5.92 Å². The zero-order valence-electron chi connectivity index (χ0n) is 9.66. The standard InChI is InChI=1S/C13H20N2/c1-10(5-7-14)11-3-4-13-12(9-11)6-8-15(13)2/h3-4,9-10H,5-8,14H2,1-2H3. The van der Waals surface area contributed by atoms with Gasteiger partial charge in [-0.2, -0.15) is 0 Å². The van der Waals surface area contributed by atoms with Crippen LogP contribution >= 0.6 is 0 Å². The Hall–Kier alpha value is -1.02. The molecular formula is C13H20N2. The van der Waals surface area contributed by atoms with Crippen molar-refractivity contribution in [3.63, 3.8) is 0 Å². The Kier molecular flexibility index (Phi) is 2.96. The highest BCUT2D eigenvalue weighted by Crippen LogP contribution is 2.30. The highest BCUT2D eigenvalue weighted by molar-refractivity contribution is 5.58. The molecule has 1 aliphatic rings. The van der Waals surface area contributed by atoms with Gasteiger partial charge in [0.2, 0.25) is 0 Å². The van der Waals surface area contributed by atoms with Crippen molar-refractivity contribution in [2.45, 2.75) is 25.7 Å². The van der Waals surface area contributed by atoms with Gasteiger partial charge < -0.3 is 10.6 Å². The number of rotatable bonds is 3. The minimum absolute atomic E-state index is 0.589. The Labute approximate surface area is 92.1 Å². The van der Waals surface area contributed by atoms with Crippen LogP contribution in [0.25, 0.3) is 0 Å². The van der Waals surface area contributed by atoms with Crippen molar-refractivity contribution in [3.8, 4) is 0 Å². The van der Waals surface area contributed by atoms with Crippen LogP contribution in [0.5, 0.6) is 0 Å². The van der Waals surface area contributed by atoms with Crippen molar-refractivity contribution in [1.82, 2.24) is 0 Å². The Balaban J connectivity index is 2.23. The number of fused-ring (bicyclic) bond motifs is 1. The Morgan fingerprint density at radius 1 is 1.47 bits per heavy atom. The number of nitrogens with two attached hydrogens (primary N) is 1. The fourth-order valence-electron chi connectivity index (χ4n) is 2.31. The number of anilines is 1. The van der Waals surface area contributed by atoms with Gasteiger partial charge in [-0.3, -0.25) is 0 Å². The molecule has 0 aliphatic carbocycles. The number of hydrogen-bond donors (Lipinski definition) is 1. The first-order valence-corrected chi connectivity index (χ1v) is 5.76. The van der Waals surface area contributed by atoms with Gasteiger partial charge in [-0.05, 0) is 42.5 Å². The predicted molar refractivity (Wildman–Crippen MR) is 65.5 cm³/mol. The van der Waals surface area contributed by atoms with E-state index < -0.39 is 0 Å². The van der Waals surface area contributed by atoms with E-state index in [9.17, 15) is 0 Å². The van der Waals surface area contributed by atoms with Crippen LogP contribution in [0.1, 0.15) is 30.4 Å². The van der Waals surface area contributed by atoms with E-state index in [-0.39, 0.29) is 0 Å². The second-order valence-electron chi connectivity index (χ2n) is 4.54. The van der Waals surface area contributed by atoms with Gasteiger partial charge in [0.1, 0.15) is 0 Å². The van der Waals surface area contributed by atoms with Gasteiger partial charge in [0.15, 0.2) is 0 Å². The number of hydrogen-bond acceptors (Lipinski definition) is 2. The fourth-order valence-corrected chi connectivity index (χ4v) is 2.31. The van der Waals surface area contributed by atoms with E-state index in [2.05, 4.69) is 37.1 Å². The monoisotopic (exact) mass is 204 g/mol. The third-order valence-electron chi connectivity index (χ3n) is 3.40. The summed E-state index contributed by atoms with van der Waals surface area (Å²) < 4.78 is 0. The molecule has 0 bridgehead atoms. The van der Waals surface area contributed by atoms with Gasteiger partial charge in [0.05, 0.1) is 0 Å². The van der Waals surface area contributed by atoms with Crippen LogP contribution in [0.3, 0.4) is 0 Å². The maximum atomic E-state index is 5.59. The molecule has 1 atom stereocenters. The molecular weight excluding hydrogens is 184 g/mol. The third kappa shape index (κ3) is 2.00. The van der Waals surface area contributed by atoms with E-state index >= 15 is 0 Å². The van der Waals surface area contributed by atoms with E-state index in [4.69, 9.17) is 5.73 Å². The van der Waals surface area contributed by atoms with Crippen molar-refractivity contribution in [2.24, 2.45) is 5.73 Å². The van der Waals surface area contributed by atoms with Gasteiger partial charge in [-0.25, -0.2) is 0 Å². The van der Waals surface area contributed by atoms with Gasteiger partial charge in [-0.1, -0.05) is 19.1 Å². The van der Waals surface area contributed by atoms with Crippen LogP contribution in [0.15, 0.2) is 18.2 Å². The summed E-state index contributed by atoms with van der Waals surface area (Å²) in [6, 6.07) is 6.87. The molecule has 1 aliphatic heterocycles. The summed E-state index contributed by atoms with van der Waals surface area (Å²) in [7, 11) is 2.16. The molecule has 0 radical (unpaired) electrons. The molecule has 1 unspecified atom stereocenters. The second kappa shape index (κ2) is 4.23. The number of benzene rings is 1. The summed E-state index contributed by atoms with van der Waals surface area (Å²) in [5.74, 6) is 0.589. The first kappa shape index (κ1) is 10.5. The molecule has 0 saturated carbocycles.